The molecule has 7 heteroatoms. The van der Waals surface area contributed by atoms with Gasteiger partial charge < -0.3 is 10.2 Å². The van der Waals surface area contributed by atoms with E-state index in [1.54, 1.807) is 36.1 Å². The number of nitrogens with one attached hydrogen (secondary N) is 1. The monoisotopic (exact) mass is 432 g/mol. The number of halogens is 1. The fourth-order valence-electron chi connectivity index (χ4n) is 4.02. The van der Waals surface area contributed by atoms with Crippen molar-refractivity contribution in [1.29, 1.82) is 0 Å². The van der Waals surface area contributed by atoms with Crippen LogP contribution in [0.25, 0.3) is 11.1 Å². The first-order valence-electron chi connectivity index (χ1n) is 10.7. The molecule has 32 heavy (non-hydrogen) atoms. The zero-order chi connectivity index (χ0) is 22.7. The Hall–Kier alpha value is -3.61. The first kappa shape index (κ1) is 21.6. The number of rotatable bonds is 4. The number of carbonyl (C=O) groups is 2. The third-order valence-corrected chi connectivity index (χ3v) is 5.57. The van der Waals surface area contributed by atoms with Crippen LogP contribution in [0.2, 0.25) is 0 Å². The minimum atomic E-state index is -0.292. The highest BCUT2D eigenvalue weighted by atomic mass is 19.1. The summed E-state index contributed by atoms with van der Waals surface area (Å²) in [6, 6.07) is 15.4. The van der Waals surface area contributed by atoms with Crippen LogP contribution in [0.15, 0.2) is 54.6 Å². The van der Waals surface area contributed by atoms with Crippen LogP contribution in [0.1, 0.15) is 34.8 Å². The van der Waals surface area contributed by atoms with Gasteiger partial charge in [-0.15, -0.1) is 0 Å². The van der Waals surface area contributed by atoms with Gasteiger partial charge in [0.15, 0.2) is 0 Å². The number of piperidine rings is 1. The lowest BCUT2D eigenvalue weighted by atomic mass is 9.96. The Labute approximate surface area is 186 Å². The molecular formula is C25H25FN4O2. The molecule has 164 valence electrons. The molecule has 3 aromatic rings. The fourth-order valence-corrected chi connectivity index (χ4v) is 4.02. The number of anilines is 1. The van der Waals surface area contributed by atoms with E-state index in [1.165, 1.54) is 12.1 Å². The predicted molar refractivity (Wildman–Crippen MR) is 121 cm³/mol. The van der Waals surface area contributed by atoms with E-state index in [0.717, 1.165) is 29.7 Å². The Morgan fingerprint density at radius 1 is 1.03 bits per heavy atom. The average Bonchev–Trinajstić information content (AvgIpc) is 2.78. The molecule has 2 aromatic carbocycles. The summed E-state index contributed by atoms with van der Waals surface area (Å²) in [5.74, 6) is -0.309. The summed E-state index contributed by atoms with van der Waals surface area (Å²) in [4.78, 5) is 35.9. The number of amides is 2. The topological polar surface area (TPSA) is 75.2 Å². The lowest BCUT2D eigenvalue weighted by molar-refractivity contribution is -0.121. The van der Waals surface area contributed by atoms with Crippen molar-refractivity contribution in [2.45, 2.75) is 26.7 Å². The van der Waals surface area contributed by atoms with Gasteiger partial charge in [0, 0.05) is 24.5 Å². The normalized spacial score (nSPS) is 16.0. The molecule has 1 saturated heterocycles. The van der Waals surface area contributed by atoms with Gasteiger partial charge in [-0.2, -0.15) is 0 Å². The van der Waals surface area contributed by atoms with Crippen molar-refractivity contribution in [2.75, 3.05) is 18.4 Å². The lowest BCUT2D eigenvalue weighted by Gasteiger charge is -2.32. The van der Waals surface area contributed by atoms with E-state index in [2.05, 4.69) is 15.3 Å². The highest BCUT2D eigenvalue weighted by Crippen LogP contribution is 2.24. The van der Waals surface area contributed by atoms with Crippen molar-refractivity contribution in [3.05, 3.63) is 77.6 Å². The molecule has 6 nitrogen and oxygen atoms in total. The highest BCUT2D eigenvalue weighted by molar-refractivity contribution is 5.95. The first-order valence-corrected chi connectivity index (χ1v) is 10.7. The van der Waals surface area contributed by atoms with Gasteiger partial charge in [-0.3, -0.25) is 9.59 Å². The molecule has 1 aliphatic rings. The van der Waals surface area contributed by atoms with Crippen LogP contribution in [0.4, 0.5) is 10.1 Å². The number of hydrogen-bond acceptors (Lipinski definition) is 4. The smallest absolute Gasteiger partial charge is 0.272 e. The van der Waals surface area contributed by atoms with Crippen LogP contribution in [-0.2, 0) is 4.79 Å². The van der Waals surface area contributed by atoms with Gasteiger partial charge in [0.05, 0.1) is 5.92 Å². The number of nitrogens with zero attached hydrogens (tertiary/aromatic N) is 3. The maximum absolute atomic E-state index is 13.5. The van der Waals surface area contributed by atoms with Crippen LogP contribution < -0.4 is 5.32 Å². The van der Waals surface area contributed by atoms with Crippen LogP contribution in [0.3, 0.4) is 0 Å². The molecule has 1 aliphatic heterocycles. The average molecular weight is 432 g/mol. The minimum absolute atomic E-state index is 0.115. The predicted octanol–water partition coefficient (Wildman–Crippen LogP) is 4.39. The van der Waals surface area contributed by atoms with Gasteiger partial charge in [-0.05, 0) is 68.1 Å². The number of benzene rings is 2. The Morgan fingerprint density at radius 3 is 2.53 bits per heavy atom. The van der Waals surface area contributed by atoms with E-state index in [4.69, 9.17) is 0 Å². The second-order valence-corrected chi connectivity index (χ2v) is 8.11. The van der Waals surface area contributed by atoms with Crippen LogP contribution in [-0.4, -0.2) is 39.8 Å². The third kappa shape index (κ3) is 4.99. The first-order chi connectivity index (χ1) is 15.4. The van der Waals surface area contributed by atoms with Crippen molar-refractivity contribution in [1.82, 2.24) is 14.9 Å². The molecule has 0 radical (unpaired) electrons. The second-order valence-electron chi connectivity index (χ2n) is 8.11. The molecule has 1 atom stereocenters. The van der Waals surface area contributed by atoms with Crippen molar-refractivity contribution in [2.24, 2.45) is 5.92 Å². The van der Waals surface area contributed by atoms with Gasteiger partial charge in [0.2, 0.25) is 5.91 Å². The number of carbonyl (C=O) groups excluding carboxylic acids is 2. The van der Waals surface area contributed by atoms with E-state index >= 15 is 0 Å². The number of aromatic nitrogens is 2. The summed E-state index contributed by atoms with van der Waals surface area (Å²) < 4.78 is 13.5. The number of hydrogen-bond donors (Lipinski definition) is 1. The number of aryl methyl sites for hydroxylation is 2. The second kappa shape index (κ2) is 9.26. The molecule has 2 heterocycles. The maximum Gasteiger partial charge on any atom is 0.272 e. The number of likely N-dealkylation sites (tertiary alicyclic amines) is 1. The zero-order valence-corrected chi connectivity index (χ0v) is 18.1. The molecule has 1 N–H and O–H groups in total. The maximum atomic E-state index is 13.5. The molecule has 0 saturated carbocycles. The zero-order valence-electron chi connectivity index (χ0n) is 18.1. The summed E-state index contributed by atoms with van der Waals surface area (Å²) in [7, 11) is 0. The van der Waals surface area contributed by atoms with Crippen molar-refractivity contribution >= 4 is 17.5 Å². The molecule has 2 amide bonds. The molecular weight excluding hydrogens is 407 g/mol. The van der Waals surface area contributed by atoms with E-state index in [1.807, 2.05) is 25.1 Å². The van der Waals surface area contributed by atoms with E-state index in [0.29, 0.717) is 30.3 Å². The molecule has 1 unspecified atom stereocenters. The minimum Gasteiger partial charge on any atom is -0.337 e. The Morgan fingerprint density at radius 2 is 1.81 bits per heavy atom. The molecule has 1 fully saturated rings. The van der Waals surface area contributed by atoms with Crippen molar-refractivity contribution in [3.63, 3.8) is 0 Å². The van der Waals surface area contributed by atoms with Gasteiger partial charge in [-0.1, -0.05) is 24.3 Å². The summed E-state index contributed by atoms with van der Waals surface area (Å²) in [5.41, 5.74) is 3.42. The molecule has 0 bridgehead atoms. The lowest BCUT2D eigenvalue weighted by Crippen LogP contribution is -2.44. The largest absolute Gasteiger partial charge is 0.337 e. The van der Waals surface area contributed by atoms with E-state index < -0.39 is 0 Å². The quantitative estimate of drug-likeness (QED) is 0.664. The summed E-state index contributed by atoms with van der Waals surface area (Å²) >= 11 is 0. The fraction of sp³-hybridized carbons (Fsp3) is 0.280. The Balaban J connectivity index is 1.40. The molecule has 4 rings (SSSR count). The molecule has 0 aliphatic carbocycles. The van der Waals surface area contributed by atoms with Crippen molar-refractivity contribution < 1.29 is 14.0 Å². The standard InChI is InChI=1S/C25H25FN4O2/c1-16-13-23(28-17(2)27-16)25(32)30-12-4-6-20(15-30)24(31)29-22-10-8-18(9-11-22)19-5-3-7-21(26)14-19/h3,5,7-11,13-14,20H,4,6,12,15H2,1-2H3,(H,29,31). The Bertz CT molecular complexity index is 1130. The van der Waals surface area contributed by atoms with Gasteiger partial charge in [0.25, 0.3) is 5.91 Å². The van der Waals surface area contributed by atoms with Gasteiger partial charge in [0.1, 0.15) is 17.3 Å². The Kier molecular flexibility index (Phi) is 6.25. The summed E-state index contributed by atoms with van der Waals surface area (Å²) in [6.07, 6.45) is 1.48. The van der Waals surface area contributed by atoms with Crippen LogP contribution in [0, 0.1) is 25.6 Å². The van der Waals surface area contributed by atoms with Crippen LogP contribution in [0.5, 0.6) is 0 Å². The highest BCUT2D eigenvalue weighted by Gasteiger charge is 2.29. The molecule has 1 aromatic heterocycles. The summed E-state index contributed by atoms with van der Waals surface area (Å²) in [5, 5.41) is 2.94. The SMILES string of the molecule is Cc1cc(C(=O)N2CCCC(C(=O)Nc3ccc(-c4cccc(F)c4)cc3)C2)nc(C)n1. The van der Waals surface area contributed by atoms with Gasteiger partial charge in [-0.25, -0.2) is 14.4 Å². The third-order valence-electron chi connectivity index (χ3n) is 5.57. The van der Waals surface area contributed by atoms with Crippen LogP contribution >= 0.6 is 0 Å². The summed E-state index contributed by atoms with van der Waals surface area (Å²) in [6.45, 7) is 4.55. The van der Waals surface area contributed by atoms with E-state index in [9.17, 15) is 14.0 Å². The molecule has 0 spiro atoms. The van der Waals surface area contributed by atoms with Crippen molar-refractivity contribution in [3.8, 4) is 11.1 Å². The van der Waals surface area contributed by atoms with Gasteiger partial charge >= 0.3 is 0 Å². The van der Waals surface area contributed by atoms with E-state index in [-0.39, 0.29) is 23.5 Å².